The number of allylic oxidation sites excluding steroid dienone is 2. The SMILES string of the molecule is CCOC(=O)/C=C(\C#CC1(O)C(C)=CC(=O)CC1(C)C(F)(F)F)C(F)(F)F. The summed E-state index contributed by atoms with van der Waals surface area (Å²) in [7, 11) is 0. The summed E-state index contributed by atoms with van der Waals surface area (Å²) in [6, 6.07) is 0. The summed E-state index contributed by atoms with van der Waals surface area (Å²) in [5, 5.41) is 10.5. The molecule has 0 aliphatic heterocycles. The van der Waals surface area contributed by atoms with Crippen molar-refractivity contribution in [1.82, 2.24) is 0 Å². The van der Waals surface area contributed by atoms with Gasteiger partial charge < -0.3 is 9.84 Å². The van der Waals surface area contributed by atoms with Crippen molar-refractivity contribution in [2.75, 3.05) is 6.61 Å². The highest BCUT2D eigenvalue weighted by atomic mass is 19.4. The van der Waals surface area contributed by atoms with Crippen LogP contribution in [0.25, 0.3) is 0 Å². The summed E-state index contributed by atoms with van der Waals surface area (Å²) in [6.07, 6.45) is -10.8. The zero-order valence-corrected chi connectivity index (χ0v) is 14.5. The van der Waals surface area contributed by atoms with Gasteiger partial charge in [-0.25, -0.2) is 4.79 Å². The highest BCUT2D eigenvalue weighted by Gasteiger charge is 2.65. The van der Waals surface area contributed by atoms with E-state index in [1.165, 1.54) is 12.8 Å². The van der Waals surface area contributed by atoms with Crippen LogP contribution >= 0.6 is 0 Å². The molecule has 1 rings (SSSR count). The van der Waals surface area contributed by atoms with Crippen LogP contribution in [-0.2, 0) is 14.3 Å². The number of carbonyl (C=O) groups is 2. The maximum atomic E-state index is 13.5. The van der Waals surface area contributed by atoms with Gasteiger partial charge in [0.1, 0.15) is 11.0 Å². The molecule has 0 saturated heterocycles. The number of aliphatic hydroxyl groups is 1. The lowest BCUT2D eigenvalue weighted by molar-refractivity contribution is -0.259. The van der Waals surface area contributed by atoms with E-state index in [9.17, 15) is 41.0 Å². The van der Waals surface area contributed by atoms with Gasteiger partial charge in [-0.15, -0.1) is 0 Å². The third-order valence-electron chi connectivity index (χ3n) is 4.13. The van der Waals surface area contributed by atoms with Crippen molar-refractivity contribution >= 4 is 11.8 Å². The van der Waals surface area contributed by atoms with Crippen LogP contribution in [0.1, 0.15) is 27.2 Å². The maximum absolute atomic E-state index is 13.5. The third-order valence-corrected chi connectivity index (χ3v) is 4.13. The topological polar surface area (TPSA) is 63.6 Å². The number of hydrogen-bond donors (Lipinski definition) is 1. The number of halogens is 6. The van der Waals surface area contributed by atoms with E-state index in [1.807, 2.05) is 0 Å². The Hall–Kier alpha value is -2.28. The molecule has 0 radical (unpaired) electrons. The quantitative estimate of drug-likeness (QED) is 0.336. The van der Waals surface area contributed by atoms with Crippen LogP contribution in [-0.4, -0.2) is 41.4 Å². The fourth-order valence-corrected chi connectivity index (χ4v) is 2.50. The van der Waals surface area contributed by atoms with Crippen molar-refractivity contribution in [2.45, 2.75) is 45.1 Å². The molecule has 10 heteroatoms. The summed E-state index contributed by atoms with van der Waals surface area (Å²) in [5.41, 5.74) is -8.57. The molecule has 0 heterocycles. The van der Waals surface area contributed by atoms with Crippen molar-refractivity contribution in [2.24, 2.45) is 5.41 Å². The Morgan fingerprint density at radius 2 is 1.89 bits per heavy atom. The number of esters is 1. The van der Waals surface area contributed by atoms with Crippen LogP contribution in [0.3, 0.4) is 0 Å². The predicted molar refractivity (Wildman–Crippen MR) is 81.0 cm³/mol. The van der Waals surface area contributed by atoms with Gasteiger partial charge in [0.2, 0.25) is 0 Å². The van der Waals surface area contributed by atoms with E-state index in [4.69, 9.17) is 0 Å². The smallest absolute Gasteiger partial charge is 0.424 e. The molecule has 0 spiro atoms. The molecule has 1 aliphatic rings. The fourth-order valence-electron chi connectivity index (χ4n) is 2.50. The second-order valence-electron chi connectivity index (χ2n) is 6.07. The number of carbonyl (C=O) groups excluding carboxylic acids is 2. The normalized spacial score (nSPS) is 26.8. The molecule has 0 amide bonds. The average Bonchev–Trinajstić information content (AvgIpc) is 2.47. The molecular weight excluding hydrogens is 382 g/mol. The zero-order chi connectivity index (χ0) is 21.3. The summed E-state index contributed by atoms with van der Waals surface area (Å²) >= 11 is 0. The van der Waals surface area contributed by atoms with Gasteiger partial charge in [-0.1, -0.05) is 11.8 Å². The Morgan fingerprint density at radius 1 is 1.33 bits per heavy atom. The summed E-state index contributed by atoms with van der Waals surface area (Å²) in [4.78, 5) is 22.8. The van der Waals surface area contributed by atoms with Crippen molar-refractivity contribution in [3.05, 3.63) is 23.3 Å². The lowest BCUT2D eigenvalue weighted by Gasteiger charge is -2.45. The second-order valence-corrected chi connectivity index (χ2v) is 6.07. The molecule has 1 aliphatic carbocycles. The minimum Gasteiger partial charge on any atom is -0.463 e. The number of ketones is 1. The lowest BCUT2D eigenvalue weighted by Crippen LogP contribution is -2.58. The molecule has 1 N–H and O–H groups in total. The molecule has 27 heavy (non-hydrogen) atoms. The molecule has 4 nitrogen and oxygen atoms in total. The monoisotopic (exact) mass is 398 g/mol. The van der Waals surface area contributed by atoms with Gasteiger partial charge in [-0.2, -0.15) is 26.3 Å². The first kappa shape index (κ1) is 22.8. The van der Waals surface area contributed by atoms with Gasteiger partial charge in [-0.05, 0) is 32.4 Å². The average molecular weight is 398 g/mol. The minimum atomic E-state index is -5.17. The molecule has 2 unspecified atom stereocenters. The summed E-state index contributed by atoms with van der Waals surface area (Å²) in [6.45, 7) is 2.57. The molecule has 0 aromatic heterocycles. The number of rotatable bonds is 2. The van der Waals surface area contributed by atoms with Crippen LogP contribution in [0, 0.1) is 17.3 Å². The molecule has 150 valence electrons. The van der Waals surface area contributed by atoms with E-state index in [-0.39, 0.29) is 12.7 Å². The Balaban J connectivity index is 3.59. The van der Waals surface area contributed by atoms with E-state index >= 15 is 0 Å². The number of hydrogen-bond acceptors (Lipinski definition) is 4. The van der Waals surface area contributed by atoms with E-state index < -0.39 is 52.7 Å². The van der Waals surface area contributed by atoms with Gasteiger partial charge in [0.15, 0.2) is 11.4 Å². The van der Waals surface area contributed by atoms with Gasteiger partial charge >= 0.3 is 18.3 Å². The van der Waals surface area contributed by atoms with Gasteiger partial charge in [-0.3, -0.25) is 4.79 Å². The van der Waals surface area contributed by atoms with Gasteiger partial charge in [0.25, 0.3) is 0 Å². The number of alkyl halides is 6. The molecular formula is C17H16F6O4. The Morgan fingerprint density at radius 3 is 2.33 bits per heavy atom. The van der Waals surface area contributed by atoms with Crippen molar-refractivity contribution in [3.63, 3.8) is 0 Å². The Kier molecular flexibility index (Phi) is 6.22. The van der Waals surface area contributed by atoms with Crippen LogP contribution in [0.15, 0.2) is 23.3 Å². The first-order chi connectivity index (χ1) is 12.1. The third kappa shape index (κ3) is 4.53. The predicted octanol–water partition coefficient (Wildman–Crippen LogP) is 3.26. The van der Waals surface area contributed by atoms with Crippen molar-refractivity contribution < 1.29 is 45.8 Å². The maximum Gasteiger partial charge on any atom is 0.424 e. The van der Waals surface area contributed by atoms with E-state index in [0.29, 0.717) is 13.0 Å². The van der Waals surface area contributed by atoms with Crippen LogP contribution in [0.4, 0.5) is 26.3 Å². The van der Waals surface area contributed by atoms with E-state index in [1.54, 1.807) is 5.92 Å². The number of ether oxygens (including phenoxy) is 1. The molecule has 0 bridgehead atoms. The fraction of sp³-hybridized carbons (Fsp3) is 0.529. The second kappa shape index (κ2) is 7.38. The molecule has 0 fully saturated rings. The molecule has 2 atom stereocenters. The highest BCUT2D eigenvalue weighted by molar-refractivity contribution is 5.93. The summed E-state index contributed by atoms with van der Waals surface area (Å²) in [5.74, 6) is 0.663. The minimum absolute atomic E-state index is 0.0161. The van der Waals surface area contributed by atoms with Crippen molar-refractivity contribution in [3.8, 4) is 11.8 Å². The zero-order valence-electron chi connectivity index (χ0n) is 14.5. The molecule has 0 aromatic rings. The van der Waals surface area contributed by atoms with E-state index in [2.05, 4.69) is 4.74 Å². The standard InChI is InChI=1S/C17H16F6O4/c1-4-27-13(25)8-11(16(18,19)20)5-6-15(26)10(2)7-12(24)9-14(15,3)17(21,22)23/h7-8,26H,4,9H2,1-3H3/b11-8+. The molecule has 0 aromatic carbocycles. The molecule has 0 saturated carbocycles. The highest BCUT2D eigenvalue weighted by Crippen LogP contribution is 2.53. The van der Waals surface area contributed by atoms with Crippen LogP contribution < -0.4 is 0 Å². The Labute approximate surface area is 150 Å². The van der Waals surface area contributed by atoms with E-state index in [0.717, 1.165) is 6.92 Å². The summed E-state index contributed by atoms with van der Waals surface area (Å²) < 4.78 is 84.0. The van der Waals surface area contributed by atoms with Crippen LogP contribution in [0.5, 0.6) is 0 Å². The first-order valence-corrected chi connectivity index (χ1v) is 7.58. The lowest BCUT2D eigenvalue weighted by atomic mass is 9.63. The van der Waals surface area contributed by atoms with Gasteiger partial charge in [0, 0.05) is 12.5 Å². The Bertz CT molecular complexity index is 750. The van der Waals surface area contributed by atoms with Gasteiger partial charge in [0.05, 0.1) is 6.61 Å². The first-order valence-electron chi connectivity index (χ1n) is 7.58. The van der Waals surface area contributed by atoms with Crippen molar-refractivity contribution in [1.29, 1.82) is 0 Å². The largest absolute Gasteiger partial charge is 0.463 e. The van der Waals surface area contributed by atoms with Crippen LogP contribution in [0.2, 0.25) is 0 Å².